The molecule has 5 nitrogen and oxygen atoms in total. The maximum absolute atomic E-state index is 14.0. The van der Waals surface area contributed by atoms with E-state index in [0.29, 0.717) is 39.9 Å². The van der Waals surface area contributed by atoms with Crippen molar-refractivity contribution in [3.63, 3.8) is 0 Å². The van der Waals surface area contributed by atoms with Gasteiger partial charge in [-0.3, -0.25) is 4.79 Å². The molecular formula is C19H15F2N3O2S. The Labute approximate surface area is 158 Å². The highest BCUT2D eigenvalue weighted by Crippen LogP contribution is 2.34. The standard InChI is InChI=1S/C19H15F2N3O2S/c1-10-16(18(27-2)23-17(22-10)15-4-3-7-26-15)19(25)24-6-5-12-13(21)8-11(20)9-14(12)24/h3-4,7-9H,5-6H2,1-2H3. The first-order valence-electron chi connectivity index (χ1n) is 8.26. The van der Waals surface area contributed by atoms with Gasteiger partial charge in [0.25, 0.3) is 5.91 Å². The smallest absolute Gasteiger partial charge is 0.262 e. The molecule has 8 heteroatoms. The molecule has 3 heterocycles. The molecule has 1 aromatic carbocycles. The fraction of sp³-hybridized carbons (Fsp3) is 0.211. The number of anilines is 1. The molecule has 0 radical (unpaired) electrons. The van der Waals surface area contributed by atoms with Crippen LogP contribution in [0.2, 0.25) is 0 Å². The largest absolute Gasteiger partial charge is 0.461 e. The van der Waals surface area contributed by atoms with Gasteiger partial charge in [-0.2, -0.15) is 0 Å². The van der Waals surface area contributed by atoms with Gasteiger partial charge in [0.2, 0.25) is 0 Å². The lowest BCUT2D eigenvalue weighted by Crippen LogP contribution is -2.30. The van der Waals surface area contributed by atoms with E-state index < -0.39 is 11.6 Å². The van der Waals surface area contributed by atoms with E-state index in [9.17, 15) is 13.6 Å². The minimum Gasteiger partial charge on any atom is -0.461 e. The molecule has 0 bridgehead atoms. The average molecular weight is 387 g/mol. The first-order chi connectivity index (χ1) is 13.0. The zero-order valence-electron chi connectivity index (χ0n) is 14.6. The summed E-state index contributed by atoms with van der Waals surface area (Å²) in [6, 6.07) is 5.50. The van der Waals surface area contributed by atoms with Crippen molar-refractivity contribution in [3.8, 4) is 11.6 Å². The Morgan fingerprint density at radius 1 is 1.30 bits per heavy atom. The van der Waals surface area contributed by atoms with Crippen LogP contribution in [0.4, 0.5) is 14.5 Å². The summed E-state index contributed by atoms with van der Waals surface area (Å²) in [6.45, 7) is 1.99. The summed E-state index contributed by atoms with van der Waals surface area (Å²) in [4.78, 5) is 23.4. The highest BCUT2D eigenvalue weighted by atomic mass is 32.2. The van der Waals surface area contributed by atoms with Crippen molar-refractivity contribution in [2.75, 3.05) is 17.7 Å². The van der Waals surface area contributed by atoms with E-state index in [1.807, 2.05) is 6.26 Å². The molecule has 1 amide bonds. The minimum absolute atomic E-state index is 0.263. The number of hydrogen-bond acceptors (Lipinski definition) is 5. The Bertz CT molecular complexity index is 1040. The zero-order valence-corrected chi connectivity index (χ0v) is 15.4. The number of fused-ring (bicyclic) bond motifs is 1. The first kappa shape index (κ1) is 17.7. The van der Waals surface area contributed by atoms with Crippen LogP contribution in [0.1, 0.15) is 21.6 Å². The van der Waals surface area contributed by atoms with E-state index in [1.165, 1.54) is 29.0 Å². The third kappa shape index (κ3) is 2.99. The van der Waals surface area contributed by atoms with E-state index in [-0.39, 0.29) is 18.1 Å². The molecule has 0 atom stereocenters. The predicted molar refractivity (Wildman–Crippen MR) is 98.0 cm³/mol. The number of nitrogens with zero attached hydrogens (tertiary/aromatic N) is 3. The molecule has 0 saturated carbocycles. The van der Waals surface area contributed by atoms with Gasteiger partial charge in [0.15, 0.2) is 11.6 Å². The van der Waals surface area contributed by atoms with Crippen LogP contribution in [-0.4, -0.2) is 28.7 Å². The van der Waals surface area contributed by atoms with Crippen LogP contribution >= 0.6 is 11.8 Å². The Morgan fingerprint density at radius 2 is 2.11 bits per heavy atom. The third-order valence-corrected chi connectivity index (χ3v) is 5.15. The molecule has 27 heavy (non-hydrogen) atoms. The molecule has 3 aromatic rings. The Balaban J connectivity index is 1.78. The number of rotatable bonds is 3. The molecule has 0 unspecified atom stereocenters. The second-order valence-corrected chi connectivity index (χ2v) is 6.88. The molecule has 0 spiro atoms. The quantitative estimate of drug-likeness (QED) is 0.497. The molecule has 0 aliphatic carbocycles. The number of amides is 1. The number of halogens is 2. The van der Waals surface area contributed by atoms with Crippen molar-refractivity contribution < 1.29 is 18.0 Å². The number of furan rings is 1. The monoisotopic (exact) mass is 387 g/mol. The summed E-state index contributed by atoms with van der Waals surface area (Å²) in [7, 11) is 0. The topological polar surface area (TPSA) is 59.2 Å². The summed E-state index contributed by atoms with van der Waals surface area (Å²) >= 11 is 1.31. The lowest BCUT2D eigenvalue weighted by molar-refractivity contribution is 0.0984. The van der Waals surface area contributed by atoms with Gasteiger partial charge in [0.1, 0.15) is 16.7 Å². The molecular weight excluding hydrogens is 372 g/mol. The Hall–Kier alpha value is -2.74. The molecule has 138 valence electrons. The van der Waals surface area contributed by atoms with Crippen LogP contribution in [0.3, 0.4) is 0 Å². The SMILES string of the molecule is CSc1nc(-c2ccco2)nc(C)c1C(=O)N1CCc2c(F)cc(F)cc21. The fourth-order valence-electron chi connectivity index (χ4n) is 3.22. The number of thioether (sulfide) groups is 1. The van der Waals surface area contributed by atoms with E-state index in [0.717, 1.165) is 6.07 Å². The number of benzene rings is 1. The van der Waals surface area contributed by atoms with Gasteiger partial charge in [0.05, 0.1) is 23.2 Å². The first-order valence-corrected chi connectivity index (χ1v) is 9.48. The van der Waals surface area contributed by atoms with Crippen LogP contribution in [0.5, 0.6) is 0 Å². The normalized spacial score (nSPS) is 13.1. The highest BCUT2D eigenvalue weighted by Gasteiger charge is 2.31. The molecule has 0 fully saturated rings. The third-order valence-electron chi connectivity index (χ3n) is 4.46. The Kier molecular flexibility index (Phi) is 4.43. The average Bonchev–Trinajstić information content (AvgIpc) is 3.30. The fourth-order valence-corrected chi connectivity index (χ4v) is 3.84. The number of aryl methyl sites for hydroxylation is 1. The molecule has 2 aromatic heterocycles. The van der Waals surface area contributed by atoms with Gasteiger partial charge in [0, 0.05) is 18.2 Å². The number of hydrogen-bond donors (Lipinski definition) is 0. The summed E-state index contributed by atoms with van der Waals surface area (Å²) in [5, 5.41) is 0.490. The van der Waals surface area contributed by atoms with Crippen LogP contribution in [0.25, 0.3) is 11.6 Å². The van der Waals surface area contributed by atoms with Crippen LogP contribution in [-0.2, 0) is 6.42 Å². The van der Waals surface area contributed by atoms with Gasteiger partial charge < -0.3 is 9.32 Å². The number of aromatic nitrogens is 2. The summed E-state index contributed by atoms with van der Waals surface area (Å²) in [5.41, 5.74) is 1.42. The van der Waals surface area contributed by atoms with Gasteiger partial charge >= 0.3 is 0 Å². The van der Waals surface area contributed by atoms with Crippen molar-refractivity contribution in [1.29, 1.82) is 0 Å². The van der Waals surface area contributed by atoms with Crippen molar-refractivity contribution in [2.45, 2.75) is 18.4 Å². The van der Waals surface area contributed by atoms with Crippen LogP contribution in [0.15, 0.2) is 40.0 Å². The molecule has 0 saturated heterocycles. The van der Waals surface area contributed by atoms with Crippen molar-refractivity contribution in [2.24, 2.45) is 0 Å². The molecule has 0 N–H and O–H groups in total. The van der Waals surface area contributed by atoms with Gasteiger partial charge in [-0.25, -0.2) is 18.7 Å². The van der Waals surface area contributed by atoms with Crippen molar-refractivity contribution in [1.82, 2.24) is 9.97 Å². The zero-order chi connectivity index (χ0) is 19.1. The maximum atomic E-state index is 14.0. The van der Waals surface area contributed by atoms with Gasteiger partial charge in [-0.05, 0) is 37.8 Å². The van der Waals surface area contributed by atoms with E-state index >= 15 is 0 Å². The predicted octanol–water partition coefficient (Wildman–Crippen LogP) is 4.25. The van der Waals surface area contributed by atoms with E-state index in [4.69, 9.17) is 4.42 Å². The van der Waals surface area contributed by atoms with Crippen LogP contribution < -0.4 is 4.90 Å². The number of carbonyl (C=O) groups excluding carboxylic acids is 1. The summed E-state index contributed by atoms with van der Waals surface area (Å²) < 4.78 is 33.0. The lowest BCUT2D eigenvalue weighted by atomic mass is 10.1. The van der Waals surface area contributed by atoms with E-state index in [2.05, 4.69) is 9.97 Å². The molecule has 1 aliphatic heterocycles. The van der Waals surface area contributed by atoms with Crippen LogP contribution in [0, 0.1) is 18.6 Å². The van der Waals surface area contributed by atoms with Gasteiger partial charge in [-0.15, -0.1) is 11.8 Å². The highest BCUT2D eigenvalue weighted by molar-refractivity contribution is 7.98. The number of carbonyl (C=O) groups is 1. The maximum Gasteiger partial charge on any atom is 0.262 e. The summed E-state index contributed by atoms with van der Waals surface area (Å²) in [6.07, 6.45) is 3.67. The minimum atomic E-state index is -0.711. The van der Waals surface area contributed by atoms with Crippen molar-refractivity contribution in [3.05, 3.63) is 59.0 Å². The second-order valence-electron chi connectivity index (χ2n) is 6.09. The van der Waals surface area contributed by atoms with E-state index in [1.54, 1.807) is 19.1 Å². The second kappa shape index (κ2) is 6.77. The molecule has 4 rings (SSSR count). The Morgan fingerprint density at radius 3 is 2.81 bits per heavy atom. The molecule has 1 aliphatic rings. The van der Waals surface area contributed by atoms with Gasteiger partial charge in [-0.1, -0.05) is 0 Å². The lowest BCUT2D eigenvalue weighted by Gasteiger charge is -2.20. The summed E-state index contributed by atoms with van der Waals surface area (Å²) in [5.74, 6) is -0.823. The van der Waals surface area contributed by atoms with Crippen molar-refractivity contribution >= 4 is 23.4 Å².